The highest BCUT2D eigenvalue weighted by Gasteiger charge is 2.14. The van der Waals surface area contributed by atoms with E-state index in [1.54, 1.807) is 11.3 Å². The molecule has 38 heavy (non-hydrogen) atoms. The minimum Gasteiger partial charge on any atom is -0.337 e. The van der Waals surface area contributed by atoms with Gasteiger partial charge in [0.2, 0.25) is 0 Å². The third-order valence-corrected chi connectivity index (χ3v) is 8.21. The molecule has 1 aromatic carbocycles. The number of aryl methyl sites for hydroxylation is 1. The van der Waals surface area contributed by atoms with Gasteiger partial charge in [-0.05, 0) is 98.6 Å². The van der Waals surface area contributed by atoms with Crippen LogP contribution in [0.1, 0.15) is 37.3 Å². The Morgan fingerprint density at radius 3 is 2.89 bits per heavy atom. The molecule has 0 amide bonds. The van der Waals surface area contributed by atoms with Crippen molar-refractivity contribution in [2.75, 3.05) is 19.6 Å². The molecule has 7 heteroatoms. The van der Waals surface area contributed by atoms with Gasteiger partial charge >= 0.3 is 0 Å². The molecule has 1 aliphatic rings. The molecule has 1 saturated heterocycles. The number of hydrogen-bond donors (Lipinski definition) is 2. The first-order valence-electron chi connectivity index (χ1n) is 13.3. The third-order valence-electron chi connectivity index (χ3n) is 7.31. The van der Waals surface area contributed by atoms with Gasteiger partial charge in [-0.2, -0.15) is 5.10 Å². The molecular weight excluding hydrogens is 488 g/mol. The van der Waals surface area contributed by atoms with Gasteiger partial charge in [-0.15, -0.1) is 11.3 Å². The summed E-state index contributed by atoms with van der Waals surface area (Å²) in [5.74, 6) is 0.719. The molecule has 6 nitrogen and oxygen atoms in total. The lowest BCUT2D eigenvalue weighted by Gasteiger charge is -2.14. The number of pyridine rings is 1. The van der Waals surface area contributed by atoms with E-state index in [0.29, 0.717) is 0 Å². The molecule has 1 fully saturated rings. The van der Waals surface area contributed by atoms with Crippen LogP contribution in [0.2, 0.25) is 0 Å². The first-order valence-corrected chi connectivity index (χ1v) is 14.2. The number of nitrogens with one attached hydrogen (secondary N) is 2. The molecule has 5 aromatic rings. The van der Waals surface area contributed by atoms with E-state index >= 15 is 0 Å². The Hall–Kier alpha value is -3.81. The number of para-hydroxylation sites is 1. The van der Waals surface area contributed by atoms with Crippen LogP contribution in [0.4, 0.5) is 0 Å². The van der Waals surface area contributed by atoms with Crippen molar-refractivity contribution in [2.45, 2.75) is 32.6 Å². The third kappa shape index (κ3) is 5.12. The van der Waals surface area contributed by atoms with Gasteiger partial charge in [0.1, 0.15) is 5.69 Å². The van der Waals surface area contributed by atoms with Crippen LogP contribution in [0.3, 0.4) is 0 Å². The Kier molecular flexibility index (Phi) is 7.03. The summed E-state index contributed by atoms with van der Waals surface area (Å²) in [6.07, 6.45) is 13.0. The molecule has 6 rings (SSSR count). The van der Waals surface area contributed by atoms with Gasteiger partial charge in [-0.3, -0.25) is 10.1 Å². The number of fused-ring (bicyclic) bond motifs is 1. The van der Waals surface area contributed by atoms with Crippen LogP contribution in [0.15, 0.2) is 60.2 Å². The predicted molar refractivity (Wildman–Crippen MR) is 158 cm³/mol. The van der Waals surface area contributed by atoms with Crippen LogP contribution in [0.25, 0.3) is 51.2 Å². The lowest BCUT2D eigenvalue weighted by molar-refractivity contribution is 0.334. The highest BCUT2D eigenvalue weighted by Crippen LogP contribution is 2.31. The van der Waals surface area contributed by atoms with Crippen LogP contribution in [0, 0.1) is 0 Å². The molecule has 0 bridgehead atoms. The maximum absolute atomic E-state index is 4.90. The average molecular weight is 521 g/mol. The van der Waals surface area contributed by atoms with E-state index in [1.807, 2.05) is 24.5 Å². The number of hydrogen-bond acceptors (Lipinski definition) is 5. The molecular formula is C31H32N6S. The molecule has 0 unspecified atom stereocenters. The SMILES string of the molecule is C=c1c(-c2nc3c(-c4cccs4)cccc3[nH]2)n[nH]/c1=C/C=C(\C)c1cncc(CCCN2CCCC2)c1. The second kappa shape index (κ2) is 10.9. The minimum absolute atomic E-state index is 0.719. The molecule has 0 atom stereocenters. The Morgan fingerprint density at radius 1 is 1.16 bits per heavy atom. The zero-order chi connectivity index (χ0) is 25.9. The van der Waals surface area contributed by atoms with E-state index in [1.165, 1.54) is 49.3 Å². The topological polar surface area (TPSA) is 73.5 Å². The molecule has 1 aliphatic heterocycles. The highest BCUT2D eigenvalue weighted by atomic mass is 32.1. The van der Waals surface area contributed by atoms with E-state index in [9.17, 15) is 0 Å². The number of rotatable bonds is 8. The van der Waals surface area contributed by atoms with Gasteiger partial charge < -0.3 is 9.88 Å². The number of allylic oxidation sites excluding steroid dienone is 2. The van der Waals surface area contributed by atoms with Crippen molar-refractivity contribution in [3.05, 3.63) is 81.9 Å². The molecule has 0 aliphatic carbocycles. The number of aromatic nitrogens is 5. The van der Waals surface area contributed by atoms with Gasteiger partial charge in [0.05, 0.1) is 16.4 Å². The van der Waals surface area contributed by atoms with Crippen molar-refractivity contribution >= 4 is 40.6 Å². The molecule has 2 N–H and O–H groups in total. The fourth-order valence-corrected chi connectivity index (χ4v) is 5.90. The van der Waals surface area contributed by atoms with E-state index < -0.39 is 0 Å². The lowest BCUT2D eigenvalue weighted by atomic mass is 10.0. The van der Waals surface area contributed by atoms with E-state index in [2.05, 4.69) is 80.4 Å². The van der Waals surface area contributed by atoms with Crippen molar-refractivity contribution in [1.82, 2.24) is 30.0 Å². The Morgan fingerprint density at radius 2 is 2.05 bits per heavy atom. The largest absolute Gasteiger partial charge is 0.337 e. The van der Waals surface area contributed by atoms with E-state index in [4.69, 9.17) is 4.98 Å². The predicted octanol–water partition coefficient (Wildman–Crippen LogP) is 5.40. The summed E-state index contributed by atoms with van der Waals surface area (Å²) in [6.45, 7) is 10.1. The van der Waals surface area contributed by atoms with Crippen molar-refractivity contribution in [3.63, 3.8) is 0 Å². The van der Waals surface area contributed by atoms with Crippen LogP contribution in [0.5, 0.6) is 0 Å². The van der Waals surface area contributed by atoms with Crippen LogP contribution < -0.4 is 10.6 Å². The van der Waals surface area contributed by atoms with Crippen molar-refractivity contribution in [3.8, 4) is 22.0 Å². The van der Waals surface area contributed by atoms with Gasteiger partial charge in [0.15, 0.2) is 5.82 Å². The minimum atomic E-state index is 0.719. The number of aromatic amines is 2. The molecule has 192 valence electrons. The Bertz CT molecular complexity index is 1690. The number of likely N-dealkylation sites (tertiary alicyclic amines) is 1. The molecule has 4 aromatic heterocycles. The zero-order valence-corrected chi connectivity index (χ0v) is 22.5. The smallest absolute Gasteiger partial charge is 0.159 e. The summed E-state index contributed by atoms with van der Waals surface area (Å²) in [7, 11) is 0. The van der Waals surface area contributed by atoms with E-state index in [-0.39, 0.29) is 0 Å². The quantitative estimate of drug-likeness (QED) is 0.287. The van der Waals surface area contributed by atoms with Gasteiger partial charge in [0, 0.05) is 28.1 Å². The number of thiophene rings is 1. The van der Waals surface area contributed by atoms with Crippen LogP contribution >= 0.6 is 11.3 Å². The fraction of sp³-hybridized carbons (Fsp3) is 0.258. The monoisotopic (exact) mass is 520 g/mol. The van der Waals surface area contributed by atoms with Gasteiger partial charge in [-0.25, -0.2) is 4.98 Å². The molecule has 0 radical (unpaired) electrons. The van der Waals surface area contributed by atoms with Gasteiger partial charge in [-0.1, -0.05) is 30.9 Å². The zero-order valence-electron chi connectivity index (χ0n) is 21.7. The van der Waals surface area contributed by atoms with Gasteiger partial charge in [0.25, 0.3) is 0 Å². The summed E-state index contributed by atoms with van der Waals surface area (Å²) in [5.41, 5.74) is 7.38. The van der Waals surface area contributed by atoms with Crippen molar-refractivity contribution in [1.29, 1.82) is 0 Å². The Labute approximate surface area is 226 Å². The summed E-state index contributed by atoms with van der Waals surface area (Å²) in [4.78, 5) is 16.6. The maximum atomic E-state index is 4.90. The van der Waals surface area contributed by atoms with E-state index in [0.717, 1.165) is 56.2 Å². The summed E-state index contributed by atoms with van der Waals surface area (Å²) in [5, 5.41) is 11.5. The highest BCUT2D eigenvalue weighted by molar-refractivity contribution is 7.13. The second-order valence-corrected chi connectivity index (χ2v) is 10.9. The first-order chi connectivity index (χ1) is 18.7. The maximum Gasteiger partial charge on any atom is 0.159 e. The summed E-state index contributed by atoms with van der Waals surface area (Å²) in [6, 6.07) is 12.7. The van der Waals surface area contributed by atoms with Crippen molar-refractivity contribution in [2.24, 2.45) is 0 Å². The number of nitrogens with zero attached hydrogens (tertiary/aromatic N) is 4. The fourth-order valence-electron chi connectivity index (χ4n) is 5.14. The number of benzene rings is 1. The van der Waals surface area contributed by atoms with Crippen LogP contribution in [-0.4, -0.2) is 49.7 Å². The standard InChI is InChI=1S/C31H32N6S/c1-21(24-18-23(19-32-20-24)8-6-16-37-14-3-4-15-37)12-13-26-22(2)29(36-35-26)31-33-27-10-5-9-25(30(27)34-31)28-11-7-17-38-28/h5,7,9-13,17-20,35H,2-4,6,8,14-16H2,1H3,(H,33,34)/b21-12+,26-13+. The molecule has 5 heterocycles. The van der Waals surface area contributed by atoms with Crippen LogP contribution in [-0.2, 0) is 6.42 Å². The number of imidazole rings is 1. The molecule has 0 spiro atoms. The normalized spacial score (nSPS) is 15.2. The summed E-state index contributed by atoms with van der Waals surface area (Å²) >= 11 is 1.71. The average Bonchev–Trinajstić information content (AvgIpc) is 3.75. The second-order valence-electron chi connectivity index (χ2n) is 9.98. The lowest BCUT2D eigenvalue weighted by Crippen LogP contribution is -2.21. The number of H-pyrrole nitrogens is 2. The Balaban J connectivity index is 1.21. The van der Waals surface area contributed by atoms with Crippen molar-refractivity contribution < 1.29 is 0 Å². The summed E-state index contributed by atoms with van der Waals surface area (Å²) < 4.78 is 0. The first kappa shape index (κ1) is 24.5. The molecule has 0 saturated carbocycles.